The Morgan fingerprint density at radius 2 is 2.30 bits per heavy atom. The van der Waals surface area contributed by atoms with Crippen molar-refractivity contribution in [2.75, 3.05) is 26.7 Å². The SMILES string of the molecule is CN(CC(=O)N1CCCC1CN)C(=O)c1ccc(Br)o1. The van der Waals surface area contributed by atoms with Crippen LogP contribution in [0.1, 0.15) is 23.4 Å². The Morgan fingerprint density at radius 1 is 1.55 bits per heavy atom. The molecule has 1 fully saturated rings. The van der Waals surface area contributed by atoms with Gasteiger partial charge in [0.1, 0.15) is 0 Å². The lowest BCUT2D eigenvalue weighted by Crippen LogP contribution is -2.45. The van der Waals surface area contributed by atoms with Crippen molar-refractivity contribution >= 4 is 27.7 Å². The van der Waals surface area contributed by atoms with Crippen molar-refractivity contribution in [3.8, 4) is 0 Å². The van der Waals surface area contributed by atoms with Crippen LogP contribution in [-0.2, 0) is 4.79 Å². The Labute approximate surface area is 126 Å². The molecular formula is C13H18BrN3O3. The summed E-state index contributed by atoms with van der Waals surface area (Å²) in [5.41, 5.74) is 5.65. The molecule has 1 aromatic heterocycles. The molecule has 2 amide bonds. The molecule has 7 heteroatoms. The zero-order valence-corrected chi connectivity index (χ0v) is 12.9. The van der Waals surface area contributed by atoms with Gasteiger partial charge in [-0.05, 0) is 40.9 Å². The first kappa shape index (κ1) is 15.1. The molecule has 1 aliphatic rings. The number of likely N-dealkylation sites (N-methyl/N-ethyl adjacent to an activating group) is 1. The summed E-state index contributed by atoms with van der Waals surface area (Å²) in [5, 5.41) is 0. The molecule has 0 spiro atoms. The van der Waals surface area contributed by atoms with Crippen LogP contribution in [0.2, 0.25) is 0 Å². The summed E-state index contributed by atoms with van der Waals surface area (Å²) >= 11 is 3.15. The van der Waals surface area contributed by atoms with E-state index in [1.807, 2.05) is 0 Å². The van der Waals surface area contributed by atoms with E-state index >= 15 is 0 Å². The number of rotatable bonds is 4. The minimum atomic E-state index is -0.312. The third kappa shape index (κ3) is 3.21. The molecule has 2 heterocycles. The predicted molar refractivity (Wildman–Crippen MR) is 77.2 cm³/mol. The average Bonchev–Trinajstić information content (AvgIpc) is 3.05. The van der Waals surface area contributed by atoms with E-state index in [2.05, 4.69) is 15.9 Å². The quantitative estimate of drug-likeness (QED) is 0.886. The van der Waals surface area contributed by atoms with Crippen molar-refractivity contribution in [2.24, 2.45) is 5.73 Å². The first-order valence-electron chi connectivity index (χ1n) is 6.53. The lowest BCUT2D eigenvalue weighted by molar-refractivity contribution is -0.132. The van der Waals surface area contributed by atoms with E-state index in [0.717, 1.165) is 19.4 Å². The summed E-state index contributed by atoms with van der Waals surface area (Å²) in [5.74, 6) is -0.170. The van der Waals surface area contributed by atoms with Crippen LogP contribution in [0.5, 0.6) is 0 Å². The minimum absolute atomic E-state index is 0.0354. The standard InChI is InChI=1S/C13H18BrN3O3/c1-16(13(19)10-4-5-11(14)20-10)8-12(18)17-6-2-3-9(17)7-15/h4-5,9H,2-3,6-8,15H2,1H3. The molecule has 0 saturated carbocycles. The van der Waals surface area contributed by atoms with E-state index in [1.54, 1.807) is 24.1 Å². The Kier molecular flexibility index (Phi) is 4.82. The third-order valence-corrected chi connectivity index (χ3v) is 3.90. The summed E-state index contributed by atoms with van der Waals surface area (Å²) < 4.78 is 5.69. The van der Waals surface area contributed by atoms with Gasteiger partial charge in [0.25, 0.3) is 5.91 Å². The maximum atomic E-state index is 12.2. The third-order valence-electron chi connectivity index (χ3n) is 3.47. The average molecular weight is 344 g/mol. The Balaban J connectivity index is 1.95. The van der Waals surface area contributed by atoms with Gasteiger partial charge in [-0.2, -0.15) is 0 Å². The summed E-state index contributed by atoms with van der Waals surface area (Å²) in [4.78, 5) is 27.4. The van der Waals surface area contributed by atoms with Gasteiger partial charge in [-0.15, -0.1) is 0 Å². The number of hydrogen-bond donors (Lipinski definition) is 1. The first-order valence-corrected chi connectivity index (χ1v) is 7.32. The lowest BCUT2D eigenvalue weighted by Gasteiger charge is -2.26. The van der Waals surface area contributed by atoms with E-state index in [1.165, 1.54) is 4.90 Å². The van der Waals surface area contributed by atoms with E-state index < -0.39 is 0 Å². The maximum Gasteiger partial charge on any atom is 0.289 e. The van der Waals surface area contributed by atoms with Crippen LogP contribution in [0.4, 0.5) is 0 Å². The lowest BCUT2D eigenvalue weighted by atomic mass is 10.2. The molecule has 1 aliphatic heterocycles. The summed E-state index contributed by atoms with van der Waals surface area (Å²) in [6.07, 6.45) is 1.90. The number of carbonyl (C=O) groups excluding carboxylic acids is 2. The van der Waals surface area contributed by atoms with Gasteiger partial charge in [-0.3, -0.25) is 9.59 Å². The van der Waals surface area contributed by atoms with Gasteiger partial charge in [-0.1, -0.05) is 0 Å². The second-order valence-electron chi connectivity index (χ2n) is 4.88. The number of nitrogens with two attached hydrogens (primary N) is 1. The Morgan fingerprint density at radius 3 is 2.90 bits per heavy atom. The molecule has 0 aliphatic carbocycles. The highest BCUT2D eigenvalue weighted by Gasteiger charge is 2.29. The van der Waals surface area contributed by atoms with Crippen LogP contribution < -0.4 is 5.73 Å². The van der Waals surface area contributed by atoms with Crippen LogP contribution in [0.3, 0.4) is 0 Å². The highest BCUT2D eigenvalue weighted by molar-refractivity contribution is 9.10. The van der Waals surface area contributed by atoms with Crippen LogP contribution in [0.15, 0.2) is 21.2 Å². The monoisotopic (exact) mass is 343 g/mol. The van der Waals surface area contributed by atoms with Crippen molar-refractivity contribution in [2.45, 2.75) is 18.9 Å². The molecule has 20 heavy (non-hydrogen) atoms. The highest BCUT2D eigenvalue weighted by Crippen LogP contribution is 2.18. The molecule has 2 rings (SSSR count). The molecule has 1 atom stereocenters. The van der Waals surface area contributed by atoms with Crippen molar-refractivity contribution in [1.29, 1.82) is 0 Å². The van der Waals surface area contributed by atoms with Crippen LogP contribution in [0.25, 0.3) is 0 Å². The number of nitrogens with zero attached hydrogens (tertiary/aromatic N) is 2. The Hall–Kier alpha value is -1.34. The van der Waals surface area contributed by atoms with Gasteiger partial charge in [0.15, 0.2) is 10.4 Å². The number of furan rings is 1. The minimum Gasteiger partial charge on any atom is -0.444 e. The van der Waals surface area contributed by atoms with Crippen molar-refractivity contribution < 1.29 is 14.0 Å². The van der Waals surface area contributed by atoms with Crippen LogP contribution in [-0.4, -0.2) is 54.3 Å². The first-order chi connectivity index (χ1) is 9.52. The zero-order valence-electron chi connectivity index (χ0n) is 11.3. The fraction of sp³-hybridized carbons (Fsp3) is 0.538. The molecule has 1 unspecified atom stereocenters. The van der Waals surface area contributed by atoms with Gasteiger partial charge in [-0.25, -0.2) is 0 Å². The van der Waals surface area contributed by atoms with Crippen LogP contribution >= 0.6 is 15.9 Å². The van der Waals surface area contributed by atoms with Crippen molar-refractivity contribution in [1.82, 2.24) is 9.80 Å². The van der Waals surface area contributed by atoms with Gasteiger partial charge < -0.3 is 20.0 Å². The number of halogens is 1. The van der Waals surface area contributed by atoms with Crippen molar-refractivity contribution in [3.05, 3.63) is 22.6 Å². The number of amides is 2. The van der Waals surface area contributed by atoms with Gasteiger partial charge in [0.05, 0.1) is 6.54 Å². The van der Waals surface area contributed by atoms with Gasteiger partial charge in [0, 0.05) is 26.2 Å². The molecule has 1 aromatic rings. The van der Waals surface area contributed by atoms with Gasteiger partial charge >= 0.3 is 0 Å². The highest BCUT2D eigenvalue weighted by atomic mass is 79.9. The largest absolute Gasteiger partial charge is 0.444 e. The molecule has 0 radical (unpaired) electrons. The Bertz CT molecular complexity index is 503. The number of carbonyl (C=O) groups is 2. The van der Waals surface area contributed by atoms with Crippen LogP contribution in [0, 0.1) is 0 Å². The zero-order chi connectivity index (χ0) is 14.7. The van der Waals surface area contributed by atoms with Crippen molar-refractivity contribution in [3.63, 3.8) is 0 Å². The maximum absolute atomic E-state index is 12.2. The molecule has 2 N–H and O–H groups in total. The fourth-order valence-corrected chi connectivity index (χ4v) is 2.70. The van der Waals surface area contributed by atoms with E-state index in [9.17, 15) is 9.59 Å². The summed E-state index contributed by atoms with van der Waals surface area (Å²) in [7, 11) is 1.59. The smallest absolute Gasteiger partial charge is 0.289 e. The molecular weight excluding hydrogens is 326 g/mol. The second-order valence-corrected chi connectivity index (χ2v) is 5.67. The summed E-state index contributed by atoms with van der Waals surface area (Å²) in [6, 6.07) is 3.32. The van der Waals surface area contributed by atoms with Gasteiger partial charge in [0.2, 0.25) is 5.91 Å². The number of likely N-dealkylation sites (tertiary alicyclic amines) is 1. The van der Waals surface area contributed by atoms with E-state index in [-0.39, 0.29) is 30.2 Å². The number of hydrogen-bond acceptors (Lipinski definition) is 4. The molecule has 1 saturated heterocycles. The topological polar surface area (TPSA) is 79.8 Å². The molecule has 0 aromatic carbocycles. The summed E-state index contributed by atoms with van der Waals surface area (Å²) in [6.45, 7) is 1.22. The predicted octanol–water partition coefficient (Wildman–Crippen LogP) is 1.06. The molecule has 6 nitrogen and oxygen atoms in total. The van der Waals surface area contributed by atoms with E-state index in [0.29, 0.717) is 11.2 Å². The molecule has 0 bridgehead atoms. The molecule has 110 valence electrons. The van der Waals surface area contributed by atoms with E-state index in [4.69, 9.17) is 10.2 Å². The second kappa shape index (κ2) is 6.41. The normalized spacial score (nSPS) is 18.4. The fourth-order valence-electron chi connectivity index (χ4n) is 2.39.